The van der Waals surface area contributed by atoms with Crippen LogP contribution in [-0.2, 0) is 0 Å². The lowest BCUT2D eigenvalue weighted by molar-refractivity contribution is 0.531. The van der Waals surface area contributed by atoms with Crippen LogP contribution in [0.1, 0.15) is 6.42 Å². The van der Waals surface area contributed by atoms with Gasteiger partial charge >= 0.3 is 0 Å². The molecule has 242 valence electrons. The first-order chi connectivity index (χ1) is 25.3. The number of hydrogen-bond acceptors (Lipinski definition) is 3. The predicted molar refractivity (Wildman–Crippen MR) is 209 cm³/mol. The van der Waals surface area contributed by atoms with E-state index in [0.29, 0.717) is 5.89 Å². The topological polar surface area (TPSA) is 34.2 Å². The van der Waals surface area contributed by atoms with Crippen molar-refractivity contribution in [1.82, 2.24) is 9.55 Å². The van der Waals surface area contributed by atoms with Gasteiger partial charge in [-0.15, -0.1) is 0 Å². The molecule has 4 nitrogen and oxygen atoms in total. The number of fused-ring (bicyclic) bond motifs is 5. The predicted octanol–water partition coefficient (Wildman–Crippen LogP) is 10.3. The van der Waals surface area contributed by atoms with E-state index in [1.165, 1.54) is 32.9 Å². The molecule has 8 aromatic rings. The Morgan fingerprint density at radius 3 is 2.04 bits per heavy atom. The Kier molecular flexibility index (Phi) is 6.91. The molecule has 2 aliphatic rings. The third-order valence-corrected chi connectivity index (χ3v) is 10.1. The fraction of sp³-hybridized carbons (Fsp3) is 0.0426. The smallest absolute Gasteiger partial charge is 0.227 e. The van der Waals surface area contributed by atoms with Gasteiger partial charge in [0.2, 0.25) is 5.89 Å². The SMILES string of the molecule is C1=CC2CC=c3nc(-c4ccccc4)oc3=C2C=C1N(c1ccc(-c2ccccc2)cc1)c1ccc2c(c1)c1ccccc1n2-c1ccccc1. The lowest BCUT2D eigenvalue weighted by Gasteiger charge is -2.30. The highest BCUT2D eigenvalue weighted by atomic mass is 16.3. The second kappa shape index (κ2) is 12.0. The number of hydrogen-bond donors (Lipinski definition) is 0. The van der Waals surface area contributed by atoms with Gasteiger partial charge in [-0.2, -0.15) is 0 Å². The molecule has 0 aliphatic heterocycles. The van der Waals surface area contributed by atoms with E-state index < -0.39 is 0 Å². The summed E-state index contributed by atoms with van der Waals surface area (Å²) in [7, 11) is 0. The maximum absolute atomic E-state index is 6.54. The summed E-state index contributed by atoms with van der Waals surface area (Å²) in [5, 5.41) is 3.35. The van der Waals surface area contributed by atoms with E-state index in [1.54, 1.807) is 0 Å². The molecule has 1 atom stereocenters. The Labute approximate surface area is 295 Å². The zero-order valence-corrected chi connectivity index (χ0v) is 27.9. The van der Waals surface area contributed by atoms with Crippen LogP contribution >= 0.6 is 0 Å². The molecule has 10 rings (SSSR count). The number of aromatic nitrogens is 2. The monoisotopic (exact) mass is 655 g/mol. The number of allylic oxidation sites excluding steroid dienone is 3. The fourth-order valence-electron chi connectivity index (χ4n) is 7.67. The first-order valence-corrected chi connectivity index (χ1v) is 17.5. The van der Waals surface area contributed by atoms with Crippen LogP contribution in [0.5, 0.6) is 0 Å². The van der Waals surface area contributed by atoms with Crippen LogP contribution < -0.4 is 15.7 Å². The number of nitrogens with zero attached hydrogens (tertiary/aromatic N) is 3. The van der Waals surface area contributed by atoms with Crippen LogP contribution in [0.2, 0.25) is 0 Å². The van der Waals surface area contributed by atoms with Gasteiger partial charge in [-0.05, 0) is 90.4 Å². The van der Waals surface area contributed by atoms with E-state index in [-0.39, 0.29) is 5.92 Å². The highest BCUT2D eigenvalue weighted by Crippen LogP contribution is 2.40. The second-order valence-electron chi connectivity index (χ2n) is 13.2. The van der Waals surface area contributed by atoms with Crippen LogP contribution in [0.15, 0.2) is 186 Å². The Bertz CT molecular complexity index is 2750. The second-order valence-corrected chi connectivity index (χ2v) is 13.2. The molecule has 2 aliphatic carbocycles. The van der Waals surface area contributed by atoms with Crippen molar-refractivity contribution in [2.75, 3.05) is 4.90 Å². The molecule has 4 heteroatoms. The van der Waals surface area contributed by atoms with Gasteiger partial charge in [0.05, 0.1) is 11.0 Å². The summed E-state index contributed by atoms with van der Waals surface area (Å²) in [5.74, 6) is 0.884. The third kappa shape index (κ3) is 5.03. The molecule has 0 N–H and O–H groups in total. The fourth-order valence-corrected chi connectivity index (χ4v) is 7.67. The van der Waals surface area contributed by atoms with Crippen LogP contribution in [0.3, 0.4) is 0 Å². The molecule has 0 amide bonds. The van der Waals surface area contributed by atoms with Crippen molar-refractivity contribution in [3.8, 4) is 28.3 Å². The molecule has 2 aromatic heterocycles. The molecule has 0 saturated heterocycles. The summed E-state index contributed by atoms with van der Waals surface area (Å²) in [4.78, 5) is 7.28. The van der Waals surface area contributed by atoms with Crippen molar-refractivity contribution in [1.29, 1.82) is 0 Å². The molecule has 0 radical (unpaired) electrons. The number of benzene rings is 6. The zero-order chi connectivity index (χ0) is 33.7. The molecule has 51 heavy (non-hydrogen) atoms. The Morgan fingerprint density at radius 1 is 0.608 bits per heavy atom. The van der Waals surface area contributed by atoms with E-state index in [9.17, 15) is 0 Å². The average Bonchev–Trinajstić information content (AvgIpc) is 3.79. The normalized spacial score (nSPS) is 14.9. The van der Waals surface area contributed by atoms with Gasteiger partial charge < -0.3 is 13.9 Å². The molecule has 0 fully saturated rings. The largest absolute Gasteiger partial charge is 0.436 e. The number of anilines is 2. The Morgan fingerprint density at radius 2 is 1.25 bits per heavy atom. The van der Waals surface area contributed by atoms with Crippen LogP contribution in [0.4, 0.5) is 11.4 Å². The lowest BCUT2D eigenvalue weighted by atomic mass is 9.87. The minimum atomic E-state index is 0.228. The number of rotatable bonds is 6. The van der Waals surface area contributed by atoms with Crippen LogP contribution in [-0.4, -0.2) is 9.55 Å². The van der Waals surface area contributed by atoms with Gasteiger partial charge in [0.25, 0.3) is 0 Å². The molecule has 6 aromatic carbocycles. The van der Waals surface area contributed by atoms with Crippen LogP contribution in [0, 0.1) is 5.92 Å². The lowest BCUT2D eigenvalue weighted by Crippen LogP contribution is -2.32. The van der Waals surface area contributed by atoms with Gasteiger partial charge in [0, 0.05) is 50.6 Å². The summed E-state index contributed by atoms with van der Waals surface area (Å²) in [6.45, 7) is 0. The maximum atomic E-state index is 6.54. The number of oxazole rings is 1. The third-order valence-electron chi connectivity index (χ3n) is 10.1. The van der Waals surface area contributed by atoms with E-state index in [2.05, 4.69) is 161 Å². The molecule has 2 heterocycles. The van der Waals surface area contributed by atoms with Gasteiger partial charge in [-0.25, -0.2) is 4.98 Å². The van der Waals surface area contributed by atoms with Gasteiger partial charge in [-0.3, -0.25) is 0 Å². The van der Waals surface area contributed by atoms with Gasteiger partial charge in [0.15, 0.2) is 5.42 Å². The van der Waals surface area contributed by atoms with E-state index in [4.69, 9.17) is 9.40 Å². The standard InChI is InChI=1S/C47H33N3O/c1-4-12-32(13-5-1)33-20-24-37(25-21-33)49(38-26-22-34-23-28-43-46(41(34)30-38)51-47(48-43)35-14-6-2-7-15-35)39-27-29-45-42(31-39)40-18-10-11-19-44(40)50(45)36-16-8-3-9-17-36/h1-22,24-31,34H,23H2. The summed E-state index contributed by atoms with van der Waals surface area (Å²) in [6.07, 6.45) is 9.99. The summed E-state index contributed by atoms with van der Waals surface area (Å²) in [6, 6.07) is 55.8. The first kappa shape index (κ1) is 29.3. The van der Waals surface area contributed by atoms with E-state index >= 15 is 0 Å². The molecular formula is C47H33N3O. The van der Waals surface area contributed by atoms with E-state index in [0.717, 1.165) is 51.1 Å². The van der Waals surface area contributed by atoms with Crippen molar-refractivity contribution >= 4 is 44.8 Å². The van der Waals surface area contributed by atoms with E-state index in [1.807, 2.05) is 30.3 Å². The zero-order valence-electron chi connectivity index (χ0n) is 27.9. The summed E-state index contributed by atoms with van der Waals surface area (Å²) >= 11 is 0. The number of para-hydroxylation sites is 2. The van der Waals surface area contributed by atoms with Gasteiger partial charge in [0.1, 0.15) is 5.35 Å². The summed E-state index contributed by atoms with van der Waals surface area (Å²) in [5.41, 5.74) is 12.1. The minimum Gasteiger partial charge on any atom is -0.436 e. The van der Waals surface area contributed by atoms with Crippen molar-refractivity contribution in [3.63, 3.8) is 0 Å². The molecule has 1 unspecified atom stereocenters. The molecule has 0 saturated carbocycles. The average molecular weight is 656 g/mol. The van der Waals surface area contributed by atoms with Gasteiger partial charge in [-0.1, -0.05) is 109 Å². The van der Waals surface area contributed by atoms with Crippen LogP contribution in [0.25, 0.3) is 61.7 Å². The van der Waals surface area contributed by atoms with Crippen molar-refractivity contribution in [2.45, 2.75) is 6.42 Å². The van der Waals surface area contributed by atoms with Crippen molar-refractivity contribution in [2.24, 2.45) is 5.92 Å². The Hall–Kier alpha value is -6.65. The maximum Gasteiger partial charge on any atom is 0.227 e. The highest BCUT2D eigenvalue weighted by Gasteiger charge is 2.25. The molecule has 0 bridgehead atoms. The van der Waals surface area contributed by atoms with Crippen molar-refractivity contribution < 1.29 is 4.42 Å². The Balaban J connectivity index is 1.16. The minimum absolute atomic E-state index is 0.228. The highest BCUT2D eigenvalue weighted by molar-refractivity contribution is 6.10. The van der Waals surface area contributed by atoms with Crippen molar-refractivity contribution in [3.05, 3.63) is 192 Å². The molecular weight excluding hydrogens is 623 g/mol. The molecule has 0 spiro atoms. The quantitative estimate of drug-likeness (QED) is 0.179. The summed E-state index contributed by atoms with van der Waals surface area (Å²) < 4.78 is 8.90. The first-order valence-electron chi connectivity index (χ1n) is 17.5.